The van der Waals surface area contributed by atoms with Crippen LogP contribution >= 0.6 is 0 Å². The molecule has 0 bridgehead atoms. The summed E-state index contributed by atoms with van der Waals surface area (Å²) >= 11 is 0. The van der Waals surface area contributed by atoms with Crippen molar-refractivity contribution in [3.63, 3.8) is 0 Å². The first-order chi connectivity index (χ1) is 8.40. The molecule has 0 heterocycles. The maximum Gasteiger partial charge on any atom is -0.00735 e. The van der Waals surface area contributed by atoms with Crippen LogP contribution in [0.4, 0.5) is 0 Å². The van der Waals surface area contributed by atoms with Crippen LogP contribution in [0.3, 0.4) is 0 Å². The van der Waals surface area contributed by atoms with Crippen LogP contribution in [0.25, 0.3) is 16.3 Å². The molecule has 17 heavy (non-hydrogen) atoms. The fourth-order valence-corrected chi connectivity index (χ4v) is 2.80. The second kappa shape index (κ2) is 4.37. The van der Waals surface area contributed by atoms with E-state index in [2.05, 4.69) is 49.4 Å². The van der Waals surface area contributed by atoms with E-state index in [4.69, 9.17) is 0 Å². The minimum absolute atomic E-state index is 1.10. The van der Waals surface area contributed by atoms with E-state index in [9.17, 15) is 0 Å². The van der Waals surface area contributed by atoms with E-state index in [1.807, 2.05) is 0 Å². The van der Waals surface area contributed by atoms with E-state index in [1.54, 1.807) is 5.57 Å². The summed E-state index contributed by atoms with van der Waals surface area (Å²) in [6.07, 6.45) is 7.32. The maximum atomic E-state index is 2.42. The van der Waals surface area contributed by atoms with Crippen molar-refractivity contribution in [1.29, 1.82) is 0 Å². The Labute approximate surface area is 103 Å². The van der Waals surface area contributed by atoms with Gasteiger partial charge in [-0.2, -0.15) is 0 Å². The summed E-state index contributed by atoms with van der Waals surface area (Å²) in [5.74, 6) is 0. The molecule has 0 radical (unpaired) electrons. The minimum Gasteiger partial charge on any atom is -0.0763 e. The second-order valence-corrected chi connectivity index (χ2v) is 4.86. The first-order valence-electron chi connectivity index (χ1n) is 6.60. The maximum absolute atomic E-state index is 2.42. The molecule has 1 aliphatic rings. The van der Waals surface area contributed by atoms with Gasteiger partial charge in [0.1, 0.15) is 0 Å². The lowest BCUT2D eigenvalue weighted by Gasteiger charge is -2.18. The van der Waals surface area contributed by atoms with Crippen LogP contribution in [0.5, 0.6) is 0 Å². The van der Waals surface area contributed by atoms with Gasteiger partial charge in [-0.15, -0.1) is 0 Å². The summed E-state index contributed by atoms with van der Waals surface area (Å²) in [5.41, 5.74) is 4.51. The number of hydrogen-bond donors (Lipinski definition) is 0. The highest BCUT2D eigenvalue weighted by Gasteiger charge is 2.13. The summed E-state index contributed by atoms with van der Waals surface area (Å²) in [5, 5.41) is 2.88. The molecule has 0 fully saturated rings. The van der Waals surface area contributed by atoms with Crippen molar-refractivity contribution in [2.24, 2.45) is 0 Å². The van der Waals surface area contributed by atoms with Crippen molar-refractivity contribution in [3.05, 3.63) is 53.6 Å². The average Bonchev–Trinajstić information content (AvgIpc) is 2.39. The first kappa shape index (κ1) is 10.6. The van der Waals surface area contributed by atoms with Crippen LogP contribution in [0.15, 0.2) is 42.5 Å². The third kappa shape index (κ3) is 1.78. The third-order valence-corrected chi connectivity index (χ3v) is 3.70. The Morgan fingerprint density at radius 2 is 1.88 bits per heavy atom. The molecule has 0 N–H and O–H groups in total. The molecule has 3 rings (SSSR count). The van der Waals surface area contributed by atoms with E-state index in [-0.39, 0.29) is 0 Å². The number of unbranched alkanes of at least 4 members (excludes halogenated alkanes) is 1. The van der Waals surface area contributed by atoms with E-state index in [0.29, 0.717) is 0 Å². The van der Waals surface area contributed by atoms with Crippen LogP contribution < -0.4 is 0 Å². The van der Waals surface area contributed by atoms with Gasteiger partial charge in [0.15, 0.2) is 0 Å². The highest BCUT2D eigenvalue weighted by molar-refractivity contribution is 5.98. The molecule has 1 aliphatic carbocycles. The average molecular weight is 222 g/mol. The van der Waals surface area contributed by atoms with Crippen LogP contribution in [0.1, 0.15) is 37.3 Å². The minimum atomic E-state index is 1.10. The van der Waals surface area contributed by atoms with E-state index < -0.39 is 0 Å². The molecule has 0 unspecified atom stereocenters. The summed E-state index contributed by atoms with van der Waals surface area (Å²) in [7, 11) is 0. The summed E-state index contributed by atoms with van der Waals surface area (Å²) in [4.78, 5) is 0. The van der Waals surface area contributed by atoms with E-state index in [0.717, 1.165) is 6.42 Å². The van der Waals surface area contributed by atoms with Crippen molar-refractivity contribution >= 4 is 16.3 Å². The first-order valence-corrected chi connectivity index (χ1v) is 6.60. The molecule has 2 aromatic carbocycles. The fraction of sp³-hybridized carbons (Fsp3) is 0.294. The van der Waals surface area contributed by atoms with E-state index in [1.165, 1.54) is 41.2 Å². The second-order valence-electron chi connectivity index (χ2n) is 4.86. The van der Waals surface area contributed by atoms with E-state index >= 15 is 0 Å². The molecule has 86 valence electrons. The van der Waals surface area contributed by atoms with Crippen molar-refractivity contribution in [2.75, 3.05) is 0 Å². The number of benzene rings is 2. The molecule has 2 aromatic rings. The van der Waals surface area contributed by atoms with Crippen molar-refractivity contribution < 1.29 is 0 Å². The monoisotopic (exact) mass is 222 g/mol. The van der Waals surface area contributed by atoms with Gasteiger partial charge in [-0.3, -0.25) is 0 Å². The summed E-state index contributed by atoms with van der Waals surface area (Å²) in [6.45, 7) is 2.26. The Balaban J connectivity index is 2.14. The molecular formula is C17H18. The van der Waals surface area contributed by atoms with Crippen LogP contribution in [-0.2, 0) is 6.42 Å². The summed E-state index contributed by atoms with van der Waals surface area (Å²) in [6, 6.07) is 13.4. The van der Waals surface area contributed by atoms with Gasteiger partial charge in [0.05, 0.1) is 0 Å². The van der Waals surface area contributed by atoms with Gasteiger partial charge < -0.3 is 0 Å². The topological polar surface area (TPSA) is 0 Å². The predicted molar refractivity (Wildman–Crippen MR) is 75.2 cm³/mol. The molecule has 0 aliphatic heterocycles. The number of allylic oxidation sites excluding steroid dienone is 2. The Hall–Kier alpha value is -1.56. The largest absolute Gasteiger partial charge is 0.0763 e. The SMILES string of the molecule is CCCCC1=CCc2cccc3cccc1c23. The standard InChI is InChI=1S/C17H18/c1-2-3-6-13-11-12-15-8-4-7-14-9-5-10-16(13)17(14)15/h4-5,7-11H,2-3,6,12H2,1H3. The molecule has 0 aromatic heterocycles. The highest BCUT2D eigenvalue weighted by Crippen LogP contribution is 2.35. The predicted octanol–water partition coefficient (Wildman–Crippen LogP) is 4.97. The number of hydrogen-bond acceptors (Lipinski definition) is 0. The van der Waals surface area contributed by atoms with Crippen LogP contribution in [0.2, 0.25) is 0 Å². The van der Waals surface area contributed by atoms with Gasteiger partial charge in [0.25, 0.3) is 0 Å². The lowest BCUT2D eigenvalue weighted by atomic mass is 9.86. The molecule has 0 amide bonds. The van der Waals surface area contributed by atoms with Gasteiger partial charge in [-0.25, -0.2) is 0 Å². The zero-order valence-electron chi connectivity index (χ0n) is 10.4. The molecule has 0 nitrogen and oxygen atoms in total. The number of rotatable bonds is 3. The molecule has 0 atom stereocenters. The normalized spacial score (nSPS) is 13.8. The fourth-order valence-electron chi connectivity index (χ4n) is 2.80. The Kier molecular flexibility index (Phi) is 2.72. The Morgan fingerprint density at radius 3 is 2.71 bits per heavy atom. The molecular weight excluding hydrogens is 204 g/mol. The highest BCUT2D eigenvalue weighted by atomic mass is 14.2. The van der Waals surface area contributed by atoms with Gasteiger partial charge in [0, 0.05) is 0 Å². The quantitative estimate of drug-likeness (QED) is 0.687. The molecule has 0 heteroatoms. The van der Waals surface area contributed by atoms with Crippen LogP contribution in [-0.4, -0.2) is 0 Å². The molecule has 0 spiro atoms. The molecule has 0 saturated carbocycles. The molecule has 0 saturated heterocycles. The Morgan fingerprint density at radius 1 is 1.06 bits per heavy atom. The van der Waals surface area contributed by atoms with Gasteiger partial charge in [-0.1, -0.05) is 55.8 Å². The van der Waals surface area contributed by atoms with Crippen LogP contribution in [0, 0.1) is 0 Å². The zero-order chi connectivity index (χ0) is 11.7. The van der Waals surface area contributed by atoms with Gasteiger partial charge >= 0.3 is 0 Å². The lowest BCUT2D eigenvalue weighted by Crippen LogP contribution is -1.98. The smallest absolute Gasteiger partial charge is 0.00735 e. The van der Waals surface area contributed by atoms with Gasteiger partial charge in [-0.05, 0) is 46.7 Å². The van der Waals surface area contributed by atoms with Gasteiger partial charge in [0.2, 0.25) is 0 Å². The van der Waals surface area contributed by atoms with Crippen molar-refractivity contribution in [1.82, 2.24) is 0 Å². The van der Waals surface area contributed by atoms with Crippen molar-refractivity contribution in [3.8, 4) is 0 Å². The Bertz CT molecular complexity index is 570. The van der Waals surface area contributed by atoms with Crippen molar-refractivity contribution in [2.45, 2.75) is 32.6 Å². The zero-order valence-corrected chi connectivity index (χ0v) is 10.4. The lowest BCUT2D eigenvalue weighted by molar-refractivity contribution is 0.822. The third-order valence-electron chi connectivity index (χ3n) is 3.70. The summed E-state index contributed by atoms with van der Waals surface area (Å²) < 4.78 is 0.